The van der Waals surface area contributed by atoms with E-state index in [1.807, 2.05) is 4.90 Å². The van der Waals surface area contributed by atoms with E-state index in [0.717, 1.165) is 26.2 Å². The number of benzene rings is 1. The molecule has 0 radical (unpaired) electrons. The van der Waals surface area contributed by atoms with E-state index in [9.17, 15) is 4.79 Å². The molecule has 2 rings (SSSR count). The number of ether oxygens (including phenoxy) is 1. The summed E-state index contributed by atoms with van der Waals surface area (Å²) in [6.45, 7) is 5.60. The summed E-state index contributed by atoms with van der Waals surface area (Å²) < 4.78 is 4.88. The van der Waals surface area contributed by atoms with Gasteiger partial charge in [-0.1, -0.05) is 17.7 Å². The van der Waals surface area contributed by atoms with Gasteiger partial charge in [0.1, 0.15) is 6.61 Å². The van der Waals surface area contributed by atoms with Gasteiger partial charge >= 0.3 is 0 Å². The van der Waals surface area contributed by atoms with Crippen molar-refractivity contribution in [2.45, 2.75) is 6.92 Å². The minimum Gasteiger partial charge on any atom is -0.375 e. The molecule has 98 valence electrons. The molecule has 1 aliphatic rings. The summed E-state index contributed by atoms with van der Waals surface area (Å²) in [5, 5.41) is 0. The van der Waals surface area contributed by atoms with Crippen LogP contribution in [0.1, 0.15) is 5.56 Å². The van der Waals surface area contributed by atoms with E-state index in [1.54, 1.807) is 7.11 Å². The third kappa shape index (κ3) is 3.01. The van der Waals surface area contributed by atoms with Crippen LogP contribution in [0.3, 0.4) is 0 Å². The lowest BCUT2D eigenvalue weighted by Gasteiger charge is -2.36. The Hall–Kier alpha value is -1.55. The number of aryl methyl sites for hydroxylation is 1. The lowest BCUT2D eigenvalue weighted by molar-refractivity contribution is -0.135. The van der Waals surface area contributed by atoms with Gasteiger partial charge in [0, 0.05) is 39.0 Å². The average Bonchev–Trinajstić information content (AvgIpc) is 2.40. The van der Waals surface area contributed by atoms with Crippen LogP contribution in [0.2, 0.25) is 0 Å². The molecule has 0 N–H and O–H groups in total. The van der Waals surface area contributed by atoms with Gasteiger partial charge in [-0.25, -0.2) is 0 Å². The Balaban J connectivity index is 1.90. The first-order valence-electron chi connectivity index (χ1n) is 6.29. The molecule has 1 aliphatic heterocycles. The van der Waals surface area contributed by atoms with Crippen LogP contribution in [0.15, 0.2) is 24.3 Å². The molecule has 0 bridgehead atoms. The Morgan fingerprint density at radius 3 is 2.33 bits per heavy atom. The number of hydrogen-bond acceptors (Lipinski definition) is 3. The van der Waals surface area contributed by atoms with Crippen LogP contribution in [0.25, 0.3) is 0 Å². The summed E-state index contributed by atoms with van der Waals surface area (Å²) in [5.74, 6) is 0.0843. The zero-order chi connectivity index (χ0) is 13.0. The third-order valence-corrected chi connectivity index (χ3v) is 3.30. The van der Waals surface area contributed by atoms with Crippen molar-refractivity contribution in [3.63, 3.8) is 0 Å². The van der Waals surface area contributed by atoms with Crippen LogP contribution < -0.4 is 4.90 Å². The number of amides is 1. The van der Waals surface area contributed by atoms with Gasteiger partial charge in [-0.15, -0.1) is 0 Å². The highest BCUT2D eigenvalue weighted by Gasteiger charge is 2.20. The maximum absolute atomic E-state index is 11.7. The van der Waals surface area contributed by atoms with Gasteiger partial charge < -0.3 is 14.5 Å². The molecule has 18 heavy (non-hydrogen) atoms. The molecule has 1 aromatic rings. The standard InChI is InChI=1S/C14H20N2O2/c1-12-3-5-13(6-4-12)15-7-9-16(10-8-15)14(17)11-18-2/h3-6H,7-11H2,1-2H3. The number of methoxy groups -OCH3 is 1. The Bertz CT molecular complexity index is 395. The molecular weight excluding hydrogens is 228 g/mol. The maximum atomic E-state index is 11.7. The second-order valence-corrected chi connectivity index (χ2v) is 4.64. The molecule has 0 saturated carbocycles. The molecule has 4 heteroatoms. The molecule has 1 heterocycles. The quantitative estimate of drug-likeness (QED) is 0.808. The minimum atomic E-state index is 0.0843. The van der Waals surface area contributed by atoms with Crippen LogP contribution >= 0.6 is 0 Å². The second-order valence-electron chi connectivity index (χ2n) is 4.64. The van der Waals surface area contributed by atoms with Crippen LogP contribution in [-0.4, -0.2) is 50.7 Å². The molecular formula is C14H20N2O2. The van der Waals surface area contributed by atoms with Crippen molar-refractivity contribution in [1.29, 1.82) is 0 Å². The van der Waals surface area contributed by atoms with E-state index < -0.39 is 0 Å². The summed E-state index contributed by atoms with van der Waals surface area (Å²) >= 11 is 0. The molecule has 0 unspecified atom stereocenters. The monoisotopic (exact) mass is 248 g/mol. The number of piperazine rings is 1. The number of rotatable bonds is 3. The van der Waals surface area contributed by atoms with E-state index in [2.05, 4.69) is 36.1 Å². The van der Waals surface area contributed by atoms with Gasteiger partial charge in [0.15, 0.2) is 0 Å². The van der Waals surface area contributed by atoms with Gasteiger partial charge in [0.25, 0.3) is 0 Å². The van der Waals surface area contributed by atoms with E-state index in [1.165, 1.54) is 11.3 Å². The number of carbonyl (C=O) groups excluding carboxylic acids is 1. The second kappa shape index (κ2) is 5.87. The van der Waals surface area contributed by atoms with Crippen LogP contribution in [-0.2, 0) is 9.53 Å². The van der Waals surface area contributed by atoms with E-state index in [0.29, 0.717) is 0 Å². The van der Waals surface area contributed by atoms with Gasteiger partial charge in [-0.2, -0.15) is 0 Å². The zero-order valence-corrected chi connectivity index (χ0v) is 11.1. The SMILES string of the molecule is COCC(=O)N1CCN(c2ccc(C)cc2)CC1. The molecule has 0 atom stereocenters. The van der Waals surface area contributed by atoms with Gasteiger partial charge in [0.05, 0.1) is 0 Å². The molecule has 4 nitrogen and oxygen atoms in total. The van der Waals surface area contributed by atoms with Crippen molar-refractivity contribution in [3.8, 4) is 0 Å². The zero-order valence-electron chi connectivity index (χ0n) is 11.1. The highest BCUT2D eigenvalue weighted by Crippen LogP contribution is 2.17. The predicted molar refractivity (Wildman–Crippen MR) is 71.8 cm³/mol. The lowest BCUT2D eigenvalue weighted by atomic mass is 10.2. The van der Waals surface area contributed by atoms with Crippen molar-refractivity contribution in [2.75, 3.05) is 44.8 Å². The fourth-order valence-electron chi connectivity index (χ4n) is 2.18. The Labute approximate surface area is 108 Å². The topological polar surface area (TPSA) is 32.8 Å². The number of hydrogen-bond donors (Lipinski definition) is 0. The van der Waals surface area contributed by atoms with Gasteiger partial charge in [-0.3, -0.25) is 4.79 Å². The summed E-state index contributed by atoms with van der Waals surface area (Å²) in [5.41, 5.74) is 2.51. The molecule has 1 saturated heterocycles. The van der Waals surface area contributed by atoms with Gasteiger partial charge in [0.2, 0.25) is 5.91 Å². The summed E-state index contributed by atoms with van der Waals surface area (Å²) in [4.78, 5) is 15.9. The summed E-state index contributed by atoms with van der Waals surface area (Å²) in [6, 6.07) is 8.53. The predicted octanol–water partition coefficient (Wildman–Crippen LogP) is 1.29. The summed E-state index contributed by atoms with van der Waals surface area (Å²) in [6.07, 6.45) is 0. The number of nitrogens with zero attached hydrogens (tertiary/aromatic N) is 2. The Morgan fingerprint density at radius 1 is 1.17 bits per heavy atom. The summed E-state index contributed by atoms with van der Waals surface area (Å²) in [7, 11) is 1.56. The number of carbonyl (C=O) groups is 1. The average molecular weight is 248 g/mol. The van der Waals surface area contributed by atoms with Crippen molar-refractivity contribution in [3.05, 3.63) is 29.8 Å². The molecule has 1 amide bonds. The molecule has 0 aliphatic carbocycles. The van der Waals surface area contributed by atoms with E-state index >= 15 is 0 Å². The maximum Gasteiger partial charge on any atom is 0.248 e. The van der Waals surface area contributed by atoms with Crippen LogP contribution in [0.4, 0.5) is 5.69 Å². The molecule has 1 fully saturated rings. The van der Waals surface area contributed by atoms with Crippen molar-refractivity contribution in [2.24, 2.45) is 0 Å². The van der Waals surface area contributed by atoms with Crippen LogP contribution in [0.5, 0.6) is 0 Å². The normalized spacial score (nSPS) is 15.9. The first kappa shape index (κ1) is 12.9. The highest BCUT2D eigenvalue weighted by molar-refractivity contribution is 5.77. The molecule has 0 aromatic heterocycles. The van der Waals surface area contributed by atoms with Crippen molar-refractivity contribution < 1.29 is 9.53 Å². The van der Waals surface area contributed by atoms with Gasteiger partial charge in [-0.05, 0) is 19.1 Å². The van der Waals surface area contributed by atoms with Crippen LogP contribution in [0, 0.1) is 6.92 Å². The minimum absolute atomic E-state index is 0.0843. The van der Waals surface area contributed by atoms with Crippen molar-refractivity contribution in [1.82, 2.24) is 4.90 Å². The largest absolute Gasteiger partial charge is 0.375 e. The number of anilines is 1. The Kier molecular flexibility index (Phi) is 4.20. The fraction of sp³-hybridized carbons (Fsp3) is 0.500. The first-order valence-corrected chi connectivity index (χ1v) is 6.29. The van der Waals surface area contributed by atoms with E-state index in [4.69, 9.17) is 4.74 Å². The fourth-order valence-corrected chi connectivity index (χ4v) is 2.18. The smallest absolute Gasteiger partial charge is 0.248 e. The lowest BCUT2D eigenvalue weighted by Crippen LogP contribution is -2.49. The molecule has 0 spiro atoms. The highest BCUT2D eigenvalue weighted by atomic mass is 16.5. The van der Waals surface area contributed by atoms with Crippen molar-refractivity contribution >= 4 is 11.6 Å². The Morgan fingerprint density at radius 2 is 1.78 bits per heavy atom. The van der Waals surface area contributed by atoms with E-state index in [-0.39, 0.29) is 12.5 Å². The first-order chi connectivity index (χ1) is 8.70. The molecule has 1 aromatic carbocycles. The third-order valence-electron chi connectivity index (χ3n) is 3.30.